The van der Waals surface area contributed by atoms with E-state index in [-0.39, 0.29) is 24.3 Å². The molecule has 6 rings (SSSR count). The second-order valence-electron chi connectivity index (χ2n) is 10.8. The zero-order valence-electron chi connectivity index (χ0n) is 22.8. The fraction of sp³-hybridized carbons (Fsp3) is 0.265. The van der Waals surface area contributed by atoms with Crippen molar-refractivity contribution in [1.29, 1.82) is 0 Å². The van der Waals surface area contributed by atoms with Crippen LogP contribution >= 0.6 is 0 Å². The molecular weight excluding hydrogens is 514 g/mol. The van der Waals surface area contributed by atoms with Crippen LogP contribution in [0.5, 0.6) is 0 Å². The van der Waals surface area contributed by atoms with Crippen molar-refractivity contribution in [3.63, 3.8) is 0 Å². The number of amides is 3. The van der Waals surface area contributed by atoms with Crippen molar-refractivity contribution in [2.24, 2.45) is 11.8 Å². The summed E-state index contributed by atoms with van der Waals surface area (Å²) in [5.74, 6) is -2.24. The van der Waals surface area contributed by atoms with Gasteiger partial charge in [-0.3, -0.25) is 14.4 Å². The maximum absolute atomic E-state index is 14.5. The van der Waals surface area contributed by atoms with Crippen LogP contribution in [-0.2, 0) is 38.8 Å². The second-order valence-corrected chi connectivity index (χ2v) is 10.8. The van der Waals surface area contributed by atoms with Gasteiger partial charge in [0.25, 0.3) is 0 Å². The van der Waals surface area contributed by atoms with E-state index in [0.29, 0.717) is 19.6 Å². The van der Waals surface area contributed by atoms with Crippen LogP contribution in [0.25, 0.3) is 0 Å². The molecule has 5 atom stereocenters. The van der Waals surface area contributed by atoms with E-state index in [9.17, 15) is 14.4 Å². The molecule has 3 aliphatic heterocycles. The average Bonchev–Trinajstić information content (AvgIpc) is 3.64. The second kappa shape index (κ2) is 11.2. The number of rotatable bonds is 10. The summed E-state index contributed by atoms with van der Waals surface area (Å²) in [5.41, 5.74) is 1.61. The number of fused-ring (bicyclic) bond motifs is 1. The van der Waals surface area contributed by atoms with Crippen LogP contribution in [0, 0.1) is 11.8 Å². The summed E-state index contributed by atoms with van der Waals surface area (Å²) in [6, 6.07) is 28.1. The molecule has 1 N–H and O–H groups in total. The van der Waals surface area contributed by atoms with E-state index in [2.05, 4.69) is 11.9 Å². The summed E-state index contributed by atoms with van der Waals surface area (Å²) < 4.78 is 6.51. The molecular formula is C34H33N3O4. The smallest absolute Gasteiger partial charge is 0.249 e. The minimum Gasteiger partial charge on any atom is -0.359 e. The van der Waals surface area contributed by atoms with Gasteiger partial charge in [0, 0.05) is 26.2 Å². The zero-order valence-corrected chi connectivity index (χ0v) is 22.8. The Morgan fingerprint density at radius 1 is 0.927 bits per heavy atom. The van der Waals surface area contributed by atoms with Crippen molar-refractivity contribution < 1.29 is 19.1 Å². The minimum absolute atomic E-state index is 0.226. The first-order valence-corrected chi connectivity index (χ1v) is 14.0. The summed E-state index contributed by atoms with van der Waals surface area (Å²) in [7, 11) is 0. The van der Waals surface area contributed by atoms with Gasteiger partial charge in [-0.25, -0.2) is 0 Å². The molecule has 0 aromatic heterocycles. The molecule has 3 aromatic rings. The lowest BCUT2D eigenvalue weighted by molar-refractivity contribution is -0.148. The first-order chi connectivity index (χ1) is 20.0. The highest BCUT2D eigenvalue weighted by atomic mass is 16.5. The molecule has 0 aliphatic carbocycles. The van der Waals surface area contributed by atoms with Crippen LogP contribution < -0.4 is 5.32 Å². The Labute approximate surface area is 240 Å². The molecule has 7 heteroatoms. The molecule has 2 fully saturated rings. The van der Waals surface area contributed by atoms with Gasteiger partial charge in [0.15, 0.2) is 0 Å². The van der Waals surface area contributed by atoms with Gasteiger partial charge in [-0.05, 0) is 16.7 Å². The highest BCUT2D eigenvalue weighted by Gasteiger charge is 2.73. The molecule has 2 saturated heterocycles. The summed E-state index contributed by atoms with van der Waals surface area (Å²) in [4.78, 5) is 45.7. The molecule has 3 heterocycles. The lowest BCUT2D eigenvalue weighted by Gasteiger charge is -2.36. The molecule has 0 saturated carbocycles. The van der Waals surface area contributed by atoms with Crippen molar-refractivity contribution in [2.45, 2.75) is 37.4 Å². The number of ether oxygens (including phenoxy) is 1. The summed E-state index contributed by atoms with van der Waals surface area (Å²) in [6.45, 7) is 5.14. The van der Waals surface area contributed by atoms with Crippen LogP contribution in [0.15, 0.2) is 116 Å². The van der Waals surface area contributed by atoms with Gasteiger partial charge in [0.1, 0.15) is 11.6 Å². The average molecular weight is 548 g/mol. The van der Waals surface area contributed by atoms with Crippen molar-refractivity contribution in [1.82, 2.24) is 15.1 Å². The van der Waals surface area contributed by atoms with Crippen molar-refractivity contribution in [3.8, 4) is 0 Å². The molecule has 41 heavy (non-hydrogen) atoms. The Morgan fingerprint density at radius 2 is 1.54 bits per heavy atom. The fourth-order valence-corrected chi connectivity index (χ4v) is 6.47. The zero-order chi connectivity index (χ0) is 28.4. The Morgan fingerprint density at radius 3 is 2.17 bits per heavy atom. The van der Waals surface area contributed by atoms with E-state index >= 15 is 0 Å². The van der Waals surface area contributed by atoms with Crippen molar-refractivity contribution >= 4 is 17.7 Å². The van der Waals surface area contributed by atoms with Crippen LogP contribution in [0.1, 0.15) is 16.7 Å². The molecule has 0 unspecified atom stereocenters. The van der Waals surface area contributed by atoms with E-state index < -0.39 is 29.6 Å². The molecule has 2 bridgehead atoms. The third-order valence-electron chi connectivity index (χ3n) is 8.29. The Kier molecular flexibility index (Phi) is 7.28. The first-order valence-electron chi connectivity index (χ1n) is 14.0. The van der Waals surface area contributed by atoms with Gasteiger partial charge < -0.3 is 19.9 Å². The molecule has 3 amide bonds. The number of likely N-dealkylation sites (tertiary alicyclic amines) is 1. The largest absolute Gasteiger partial charge is 0.359 e. The monoisotopic (exact) mass is 547 g/mol. The third kappa shape index (κ3) is 4.87. The SMILES string of the molecule is C=CCN(Cc1ccccc1)C(=O)[C@@H]1N(Cc2ccccc2)C(=O)[C@H]2[C@H](C(=O)NCc3ccccc3)[C@@H]3C=C[C@]12O3. The Hall–Kier alpha value is -4.49. The Balaban J connectivity index is 1.34. The molecule has 3 aromatic carbocycles. The standard InChI is InChI=1S/C34H33N3O4/c1-2-20-36(22-25-14-8-4-9-15-25)33(40)30-34-19-18-27(41-34)28(31(38)35-21-24-12-6-3-7-13-24)29(34)32(39)37(30)23-26-16-10-5-11-17-26/h2-19,27-30H,1,20-23H2,(H,35,38)/t27-,28+,29+,30-,34+/m0/s1. The Bertz CT molecular complexity index is 1460. The van der Waals surface area contributed by atoms with E-state index in [1.165, 1.54) is 0 Å². The van der Waals surface area contributed by atoms with Crippen LogP contribution in [-0.4, -0.2) is 51.8 Å². The summed E-state index contributed by atoms with van der Waals surface area (Å²) in [6.07, 6.45) is 4.81. The number of carbonyl (C=O) groups is 3. The topological polar surface area (TPSA) is 79.0 Å². The first kappa shape index (κ1) is 26.7. The summed E-state index contributed by atoms with van der Waals surface area (Å²) >= 11 is 0. The highest BCUT2D eigenvalue weighted by molar-refractivity contribution is 5.99. The number of nitrogens with one attached hydrogen (secondary N) is 1. The van der Waals surface area contributed by atoms with Gasteiger partial charge in [-0.1, -0.05) is 109 Å². The number of benzene rings is 3. The van der Waals surface area contributed by atoms with E-state index in [1.54, 1.807) is 15.9 Å². The predicted octanol–water partition coefficient (Wildman–Crippen LogP) is 3.87. The van der Waals surface area contributed by atoms with Gasteiger partial charge >= 0.3 is 0 Å². The number of carbonyl (C=O) groups excluding carboxylic acids is 3. The van der Waals surface area contributed by atoms with Gasteiger partial charge in [-0.2, -0.15) is 0 Å². The van der Waals surface area contributed by atoms with Crippen molar-refractivity contribution in [3.05, 3.63) is 132 Å². The van der Waals surface area contributed by atoms with E-state index in [1.807, 2.05) is 103 Å². The van der Waals surface area contributed by atoms with E-state index in [4.69, 9.17) is 4.74 Å². The van der Waals surface area contributed by atoms with Gasteiger partial charge in [-0.15, -0.1) is 6.58 Å². The lowest BCUT2D eigenvalue weighted by atomic mass is 9.74. The van der Waals surface area contributed by atoms with Crippen LogP contribution in [0.3, 0.4) is 0 Å². The third-order valence-corrected chi connectivity index (χ3v) is 8.29. The van der Waals surface area contributed by atoms with Crippen LogP contribution in [0.2, 0.25) is 0 Å². The minimum atomic E-state index is -1.22. The molecule has 7 nitrogen and oxygen atoms in total. The lowest BCUT2D eigenvalue weighted by Crippen LogP contribution is -2.55. The van der Waals surface area contributed by atoms with Crippen LogP contribution in [0.4, 0.5) is 0 Å². The predicted molar refractivity (Wildman–Crippen MR) is 155 cm³/mol. The molecule has 3 aliphatic rings. The summed E-state index contributed by atoms with van der Waals surface area (Å²) in [5, 5.41) is 3.01. The van der Waals surface area contributed by atoms with E-state index in [0.717, 1.165) is 16.7 Å². The quantitative estimate of drug-likeness (QED) is 0.391. The number of nitrogens with zero attached hydrogens (tertiary/aromatic N) is 2. The number of hydrogen-bond acceptors (Lipinski definition) is 4. The molecule has 1 spiro atoms. The fourth-order valence-electron chi connectivity index (χ4n) is 6.47. The maximum Gasteiger partial charge on any atom is 0.249 e. The normalized spacial score (nSPS) is 25.7. The molecule has 0 radical (unpaired) electrons. The van der Waals surface area contributed by atoms with Gasteiger partial charge in [0.2, 0.25) is 17.7 Å². The van der Waals surface area contributed by atoms with Gasteiger partial charge in [0.05, 0.1) is 17.9 Å². The number of hydrogen-bond donors (Lipinski definition) is 1. The van der Waals surface area contributed by atoms with Crippen molar-refractivity contribution in [2.75, 3.05) is 6.54 Å². The maximum atomic E-state index is 14.5. The highest BCUT2D eigenvalue weighted by Crippen LogP contribution is 2.55. The molecule has 208 valence electrons.